The number of halogens is 3. The van der Waals surface area contributed by atoms with Gasteiger partial charge < -0.3 is 16.2 Å². The first-order chi connectivity index (χ1) is 7.81. The SMILES string of the molecule is Cc1ccnc(N)c1C(N)COCC(F)(F)F. The van der Waals surface area contributed by atoms with Crippen molar-refractivity contribution in [2.75, 3.05) is 18.9 Å². The Hall–Kier alpha value is -1.34. The van der Waals surface area contributed by atoms with Crippen molar-refractivity contribution in [2.24, 2.45) is 5.73 Å². The number of hydrogen-bond acceptors (Lipinski definition) is 4. The maximum absolute atomic E-state index is 11.9. The molecule has 0 amide bonds. The third kappa shape index (κ3) is 4.20. The molecule has 0 radical (unpaired) electrons. The minimum atomic E-state index is -4.35. The molecule has 0 saturated carbocycles. The normalized spacial score (nSPS) is 13.7. The van der Waals surface area contributed by atoms with Crippen LogP contribution >= 0.6 is 0 Å². The summed E-state index contributed by atoms with van der Waals surface area (Å²) in [6, 6.07) is 0.973. The summed E-state index contributed by atoms with van der Waals surface area (Å²) >= 11 is 0. The highest BCUT2D eigenvalue weighted by atomic mass is 19.4. The number of nitrogens with two attached hydrogens (primary N) is 2. The van der Waals surface area contributed by atoms with Crippen LogP contribution in [0.4, 0.5) is 19.0 Å². The molecule has 1 rings (SSSR count). The van der Waals surface area contributed by atoms with E-state index in [9.17, 15) is 13.2 Å². The van der Waals surface area contributed by atoms with E-state index in [1.807, 2.05) is 0 Å². The van der Waals surface area contributed by atoms with Crippen LogP contribution in [0, 0.1) is 6.92 Å². The van der Waals surface area contributed by atoms with Gasteiger partial charge in [0.15, 0.2) is 0 Å². The number of hydrogen-bond donors (Lipinski definition) is 2. The maximum atomic E-state index is 11.9. The van der Waals surface area contributed by atoms with E-state index in [1.165, 1.54) is 6.20 Å². The quantitative estimate of drug-likeness (QED) is 0.849. The van der Waals surface area contributed by atoms with Crippen LogP contribution in [-0.2, 0) is 4.74 Å². The fraction of sp³-hybridized carbons (Fsp3) is 0.500. The first-order valence-electron chi connectivity index (χ1n) is 4.92. The monoisotopic (exact) mass is 249 g/mol. The van der Waals surface area contributed by atoms with E-state index in [4.69, 9.17) is 11.5 Å². The summed E-state index contributed by atoms with van der Waals surface area (Å²) in [6.45, 7) is 0.188. The van der Waals surface area contributed by atoms with Crippen molar-refractivity contribution in [1.29, 1.82) is 0 Å². The standard InChI is InChI=1S/C10H14F3N3O/c1-6-2-3-16-9(15)8(6)7(14)4-17-5-10(11,12)13/h2-3,7H,4-5,14H2,1H3,(H2,15,16). The lowest BCUT2D eigenvalue weighted by Crippen LogP contribution is -2.24. The van der Waals surface area contributed by atoms with E-state index >= 15 is 0 Å². The summed E-state index contributed by atoms with van der Waals surface area (Å²) in [7, 11) is 0. The summed E-state index contributed by atoms with van der Waals surface area (Å²) in [4.78, 5) is 3.84. The van der Waals surface area contributed by atoms with Gasteiger partial charge in [0.2, 0.25) is 0 Å². The molecule has 1 unspecified atom stereocenters. The van der Waals surface area contributed by atoms with Crippen LogP contribution in [0.5, 0.6) is 0 Å². The van der Waals surface area contributed by atoms with E-state index in [0.29, 0.717) is 5.56 Å². The van der Waals surface area contributed by atoms with Gasteiger partial charge in [-0.2, -0.15) is 13.2 Å². The molecule has 1 aromatic heterocycles. The van der Waals surface area contributed by atoms with Crippen molar-refractivity contribution >= 4 is 5.82 Å². The van der Waals surface area contributed by atoms with E-state index in [0.717, 1.165) is 5.56 Å². The second-order valence-electron chi connectivity index (χ2n) is 3.66. The van der Waals surface area contributed by atoms with Crippen molar-refractivity contribution in [3.63, 3.8) is 0 Å². The number of aryl methyl sites for hydroxylation is 1. The predicted octanol–water partition coefficient (Wildman–Crippen LogP) is 1.55. The first-order valence-corrected chi connectivity index (χ1v) is 4.92. The molecule has 4 nitrogen and oxygen atoms in total. The zero-order valence-corrected chi connectivity index (χ0v) is 9.29. The number of alkyl halides is 3. The molecule has 0 bridgehead atoms. The van der Waals surface area contributed by atoms with Gasteiger partial charge in [0.1, 0.15) is 12.4 Å². The molecule has 0 aliphatic heterocycles. The number of aromatic nitrogens is 1. The highest BCUT2D eigenvalue weighted by Gasteiger charge is 2.28. The second kappa shape index (κ2) is 5.33. The molecular weight excluding hydrogens is 235 g/mol. The van der Waals surface area contributed by atoms with Gasteiger partial charge in [0.05, 0.1) is 12.6 Å². The van der Waals surface area contributed by atoms with Gasteiger partial charge in [-0.3, -0.25) is 0 Å². The minimum absolute atomic E-state index is 0.216. The van der Waals surface area contributed by atoms with E-state index < -0.39 is 18.8 Å². The van der Waals surface area contributed by atoms with Crippen LogP contribution < -0.4 is 11.5 Å². The van der Waals surface area contributed by atoms with Crippen LogP contribution in [0.1, 0.15) is 17.2 Å². The van der Waals surface area contributed by atoms with Gasteiger partial charge in [-0.05, 0) is 18.6 Å². The summed E-state index contributed by atoms with van der Waals surface area (Å²) in [5.41, 5.74) is 12.6. The molecule has 1 aromatic rings. The smallest absolute Gasteiger partial charge is 0.383 e. The number of nitrogens with zero attached hydrogens (tertiary/aromatic N) is 1. The third-order valence-corrected chi connectivity index (χ3v) is 2.17. The largest absolute Gasteiger partial charge is 0.411 e. The molecule has 0 saturated heterocycles. The van der Waals surface area contributed by atoms with Crippen LogP contribution in [-0.4, -0.2) is 24.4 Å². The third-order valence-electron chi connectivity index (χ3n) is 2.17. The second-order valence-corrected chi connectivity index (χ2v) is 3.66. The molecule has 7 heteroatoms. The van der Waals surface area contributed by atoms with Gasteiger partial charge in [-0.25, -0.2) is 4.98 Å². The average Bonchev–Trinajstić information content (AvgIpc) is 2.15. The van der Waals surface area contributed by atoms with E-state index in [-0.39, 0.29) is 12.4 Å². The van der Waals surface area contributed by atoms with Crippen LogP contribution in [0.3, 0.4) is 0 Å². The maximum Gasteiger partial charge on any atom is 0.411 e. The highest BCUT2D eigenvalue weighted by Crippen LogP contribution is 2.22. The van der Waals surface area contributed by atoms with Crippen molar-refractivity contribution < 1.29 is 17.9 Å². The lowest BCUT2D eigenvalue weighted by Gasteiger charge is -2.17. The number of pyridine rings is 1. The predicted molar refractivity (Wildman–Crippen MR) is 57.2 cm³/mol. The first kappa shape index (κ1) is 13.7. The van der Waals surface area contributed by atoms with Crippen molar-refractivity contribution in [3.8, 4) is 0 Å². The van der Waals surface area contributed by atoms with Crippen molar-refractivity contribution in [1.82, 2.24) is 4.98 Å². The number of rotatable bonds is 4. The highest BCUT2D eigenvalue weighted by molar-refractivity contribution is 5.45. The Morgan fingerprint density at radius 2 is 2.12 bits per heavy atom. The molecule has 17 heavy (non-hydrogen) atoms. The Kier molecular flexibility index (Phi) is 4.30. The lowest BCUT2D eigenvalue weighted by molar-refractivity contribution is -0.174. The van der Waals surface area contributed by atoms with Crippen LogP contribution in [0.25, 0.3) is 0 Å². The summed E-state index contributed by atoms with van der Waals surface area (Å²) in [5.74, 6) is 0.216. The van der Waals surface area contributed by atoms with Gasteiger partial charge in [0.25, 0.3) is 0 Å². The van der Waals surface area contributed by atoms with Gasteiger partial charge in [0, 0.05) is 11.8 Å². The number of ether oxygens (including phenoxy) is 1. The van der Waals surface area contributed by atoms with Crippen molar-refractivity contribution in [2.45, 2.75) is 19.1 Å². The molecule has 0 aliphatic carbocycles. The fourth-order valence-electron chi connectivity index (χ4n) is 1.46. The number of anilines is 1. The molecule has 0 fully saturated rings. The van der Waals surface area contributed by atoms with Crippen LogP contribution in [0.15, 0.2) is 12.3 Å². The Morgan fingerprint density at radius 3 is 2.65 bits per heavy atom. The Labute approximate surface area is 96.8 Å². The van der Waals surface area contributed by atoms with E-state index in [2.05, 4.69) is 9.72 Å². The average molecular weight is 249 g/mol. The molecule has 0 aromatic carbocycles. The molecule has 0 aliphatic rings. The Bertz CT molecular complexity index is 361. The number of nitrogen functional groups attached to an aromatic ring is 1. The van der Waals surface area contributed by atoms with Crippen LogP contribution in [0.2, 0.25) is 0 Å². The van der Waals surface area contributed by atoms with Gasteiger partial charge in [-0.15, -0.1) is 0 Å². The molecule has 96 valence electrons. The van der Waals surface area contributed by atoms with E-state index in [1.54, 1.807) is 13.0 Å². The summed E-state index contributed by atoms with van der Waals surface area (Å²) < 4.78 is 40.1. The molecular formula is C10H14F3N3O. The molecule has 1 atom stereocenters. The lowest BCUT2D eigenvalue weighted by atomic mass is 10.0. The summed E-state index contributed by atoms with van der Waals surface area (Å²) in [6.07, 6.45) is -2.84. The topological polar surface area (TPSA) is 74.2 Å². The molecule has 1 heterocycles. The summed E-state index contributed by atoms with van der Waals surface area (Å²) in [5, 5.41) is 0. The Balaban J connectivity index is 2.61. The minimum Gasteiger partial charge on any atom is -0.383 e. The zero-order valence-electron chi connectivity index (χ0n) is 9.29. The Morgan fingerprint density at radius 1 is 1.47 bits per heavy atom. The van der Waals surface area contributed by atoms with Gasteiger partial charge >= 0.3 is 6.18 Å². The molecule has 0 spiro atoms. The zero-order chi connectivity index (χ0) is 13.1. The van der Waals surface area contributed by atoms with Gasteiger partial charge in [-0.1, -0.05) is 0 Å². The molecule has 4 N–H and O–H groups in total. The van der Waals surface area contributed by atoms with Crippen molar-refractivity contribution in [3.05, 3.63) is 23.4 Å². The fourth-order valence-corrected chi connectivity index (χ4v) is 1.46.